The van der Waals surface area contributed by atoms with Gasteiger partial charge in [0.25, 0.3) is 0 Å². The van der Waals surface area contributed by atoms with Gasteiger partial charge in [-0.1, -0.05) is 18.7 Å². The Morgan fingerprint density at radius 3 is 2.88 bits per heavy atom. The topological polar surface area (TPSA) is 61.3 Å². The summed E-state index contributed by atoms with van der Waals surface area (Å²) >= 11 is 3.13. The van der Waals surface area contributed by atoms with Gasteiger partial charge >= 0.3 is 0 Å². The van der Waals surface area contributed by atoms with Gasteiger partial charge in [0.2, 0.25) is 0 Å². The van der Waals surface area contributed by atoms with Crippen LogP contribution in [0.2, 0.25) is 0 Å². The normalized spacial score (nSPS) is 13.2. The number of benzene rings is 1. The highest BCUT2D eigenvalue weighted by molar-refractivity contribution is 8.00. The molecule has 0 amide bonds. The predicted octanol–water partition coefficient (Wildman–Crippen LogP) is 4.00. The summed E-state index contributed by atoms with van der Waals surface area (Å²) in [6.07, 6.45) is 2.54. The molecular weight excluding hydrogens is 356 g/mol. The van der Waals surface area contributed by atoms with E-state index in [0.717, 1.165) is 21.7 Å². The largest absolute Gasteiger partial charge is 0.486 e. The van der Waals surface area contributed by atoms with Crippen LogP contribution in [-0.4, -0.2) is 34.7 Å². The van der Waals surface area contributed by atoms with Crippen molar-refractivity contribution in [3.05, 3.63) is 41.0 Å². The molecule has 0 spiro atoms. The lowest BCUT2D eigenvalue weighted by Crippen LogP contribution is -2.16. The number of Topliss-reactive ketones (excluding diaryl/α,β-unsaturated/α-hetero) is 1. The third kappa shape index (κ3) is 3.34. The Kier molecular flexibility index (Phi) is 4.59. The zero-order chi connectivity index (χ0) is 17.2. The second-order valence-corrected chi connectivity index (χ2v) is 7.61. The minimum atomic E-state index is 0.0414. The van der Waals surface area contributed by atoms with Crippen LogP contribution in [-0.2, 0) is 6.42 Å². The zero-order valence-corrected chi connectivity index (χ0v) is 15.3. The highest BCUT2D eigenvalue weighted by atomic mass is 32.2. The first kappa shape index (κ1) is 16.4. The summed E-state index contributed by atoms with van der Waals surface area (Å²) in [5, 5.41) is 1.89. The van der Waals surface area contributed by atoms with E-state index < -0.39 is 0 Å². The number of aryl methyl sites for hydroxylation is 1. The first-order valence-corrected chi connectivity index (χ1v) is 9.84. The Hall–Kier alpha value is -2.12. The molecule has 7 heteroatoms. The van der Waals surface area contributed by atoms with Gasteiger partial charge in [-0.05, 0) is 30.7 Å². The number of carbonyl (C=O) groups is 1. The molecule has 0 unspecified atom stereocenters. The molecule has 0 atom stereocenters. The summed E-state index contributed by atoms with van der Waals surface area (Å²) in [4.78, 5) is 23.5. The molecule has 128 valence electrons. The van der Waals surface area contributed by atoms with Crippen LogP contribution in [0.25, 0.3) is 10.2 Å². The molecule has 0 saturated heterocycles. The van der Waals surface area contributed by atoms with Crippen LogP contribution < -0.4 is 9.47 Å². The maximum atomic E-state index is 12.5. The Bertz CT molecular complexity index is 939. The van der Waals surface area contributed by atoms with Crippen molar-refractivity contribution >= 4 is 39.1 Å². The molecule has 3 aromatic rings. The number of hydrogen-bond acceptors (Lipinski definition) is 7. The molecule has 0 fully saturated rings. The first-order chi connectivity index (χ1) is 12.2. The van der Waals surface area contributed by atoms with Crippen molar-refractivity contribution in [3.8, 4) is 11.5 Å². The van der Waals surface area contributed by atoms with Crippen LogP contribution in [0.1, 0.15) is 22.2 Å². The van der Waals surface area contributed by atoms with E-state index in [-0.39, 0.29) is 5.78 Å². The van der Waals surface area contributed by atoms with E-state index in [9.17, 15) is 4.79 Å². The number of nitrogens with zero attached hydrogens (tertiary/aromatic N) is 2. The van der Waals surface area contributed by atoms with Gasteiger partial charge < -0.3 is 9.47 Å². The third-order valence-corrected chi connectivity index (χ3v) is 6.09. The summed E-state index contributed by atoms with van der Waals surface area (Å²) in [6.45, 7) is 3.17. The highest BCUT2D eigenvalue weighted by Crippen LogP contribution is 2.33. The summed E-state index contributed by atoms with van der Waals surface area (Å²) in [6, 6.07) is 7.46. The van der Waals surface area contributed by atoms with Gasteiger partial charge in [0.05, 0.1) is 5.75 Å². The number of hydrogen-bond donors (Lipinski definition) is 0. The van der Waals surface area contributed by atoms with Gasteiger partial charge in [0, 0.05) is 15.8 Å². The molecule has 0 radical (unpaired) electrons. The summed E-state index contributed by atoms with van der Waals surface area (Å²) in [5.74, 6) is 1.69. The number of ketones is 1. The molecule has 0 aliphatic carbocycles. The molecule has 2 aromatic heterocycles. The van der Waals surface area contributed by atoms with Gasteiger partial charge in [-0.2, -0.15) is 0 Å². The van der Waals surface area contributed by atoms with Crippen molar-refractivity contribution < 1.29 is 14.3 Å². The lowest BCUT2D eigenvalue weighted by atomic mass is 10.1. The second kappa shape index (κ2) is 7.01. The molecule has 1 aliphatic rings. The van der Waals surface area contributed by atoms with Crippen LogP contribution in [0.4, 0.5) is 0 Å². The van der Waals surface area contributed by atoms with Crippen molar-refractivity contribution in [1.82, 2.24) is 9.97 Å². The van der Waals surface area contributed by atoms with E-state index in [1.165, 1.54) is 16.6 Å². The number of ether oxygens (including phenoxy) is 2. The van der Waals surface area contributed by atoms with E-state index in [2.05, 4.69) is 23.0 Å². The molecule has 0 saturated carbocycles. The molecule has 25 heavy (non-hydrogen) atoms. The number of carbonyl (C=O) groups excluding carboxylic acids is 1. The van der Waals surface area contributed by atoms with Crippen LogP contribution >= 0.6 is 23.1 Å². The first-order valence-electron chi connectivity index (χ1n) is 8.03. The predicted molar refractivity (Wildman–Crippen MR) is 99.3 cm³/mol. The van der Waals surface area contributed by atoms with Gasteiger partial charge in [-0.25, -0.2) is 9.97 Å². The van der Waals surface area contributed by atoms with Crippen LogP contribution in [0.15, 0.2) is 35.6 Å². The van der Waals surface area contributed by atoms with E-state index in [0.29, 0.717) is 36.0 Å². The van der Waals surface area contributed by atoms with Gasteiger partial charge in [-0.3, -0.25) is 4.79 Å². The Balaban J connectivity index is 1.51. The molecule has 5 nitrogen and oxygen atoms in total. The zero-order valence-electron chi connectivity index (χ0n) is 13.7. The summed E-state index contributed by atoms with van der Waals surface area (Å²) in [7, 11) is 0. The molecule has 4 rings (SSSR count). The minimum absolute atomic E-state index is 0.0414. The lowest BCUT2D eigenvalue weighted by Gasteiger charge is -2.18. The Morgan fingerprint density at radius 1 is 1.20 bits per heavy atom. The number of thiophene rings is 1. The van der Waals surface area contributed by atoms with E-state index >= 15 is 0 Å². The molecule has 1 aromatic carbocycles. The van der Waals surface area contributed by atoms with E-state index in [1.54, 1.807) is 35.9 Å². The average molecular weight is 372 g/mol. The van der Waals surface area contributed by atoms with Crippen molar-refractivity contribution in [1.29, 1.82) is 0 Å². The smallest absolute Gasteiger partial charge is 0.173 e. The number of aromatic nitrogens is 2. The fourth-order valence-electron chi connectivity index (χ4n) is 2.61. The molecular formula is C18H16N2O3S2. The second-order valence-electron chi connectivity index (χ2n) is 5.53. The van der Waals surface area contributed by atoms with Crippen molar-refractivity contribution in [2.75, 3.05) is 19.0 Å². The summed E-state index contributed by atoms with van der Waals surface area (Å²) < 4.78 is 11.0. The number of thioether (sulfide) groups is 1. The van der Waals surface area contributed by atoms with Crippen LogP contribution in [0.3, 0.4) is 0 Å². The maximum absolute atomic E-state index is 12.5. The Morgan fingerprint density at radius 2 is 2.04 bits per heavy atom. The fourth-order valence-corrected chi connectivity index (χ4v) is 4.47. The lowest BCUT2D eigenvalue weighted by molar-refractivity contribution is 0.102. The van der Waals surface area contributed by atoms with Crippen molar-refractivity contribution in [2.45, 2.75) is 18.4 Å². The standard InChI is InChI=1S/C18H16N2O3S2/c1-2-12-8-13-17(19-10-20-18(13)25-12)24-9-14(21)11-3-4-15-16(7-11)23-6-5-22-15/h3-4,7-8,10H,2,5-6,9H2,1H3. The minimum Gasteiger partial charge on any atom is -0.486 e. The van der Waals surface area contributed by atoms with E-state index in [4.69, 9.17) is 9.47 Å². The van der Waals surface area contributed by atoms with Gasteiger partial charge in [-0.15, -0.1) is 11.3 Å². The van der Waals surface area contributed by atoms with Gasteiger partial charge in [0.15, 0.2) is 17.3 Å². The molecule has 1 aliphatic heterocycles. The Labute approximate surface area is 153 Å². The number of fused-ring (bicyclic) bond motifs is 2. The van der Waals surface area contributed by atoms with Gasteiger partial charge in [0.1, 0.15) is 29.4 Å². The fraction of sp³-hybridized carbons (Fsp3) is 0.278. The molecule has 0 N–H and O–H groups in total. The third-order valence-electron chi connectivity index (χ3n) is 3.90. The maximum Gasteiger partial charge on any atom is 0.173 e. The van der Waals surface area contributed by atoms with Crippen LogP contribution in [0, 0.1) is 0 Å². The molecule has 3 heterocycles. The van der Waals surface area contributed by atoms with E-state index in [1.807, 2.05) is 0 Å². The molecule has 0 bridgehead atoms. The number of rotatable bonds is 5. The quantitative estimate of drug-likeness (QED) is 0.383. The van der Waals surface area contributed by atoms with Crippen molar-refractivity contribution in [3.63, 3.8) is 0 Å². The average Bonchev–Trinajstić information content (AvgIpc) is 3.09. The highest BCUT2D eigenvalue weighted by Gasteiger charge is 2.16. The summed E-state index contributed by atoms with van der Waals surface area (Å²) in [5.41, 5.74) is 0.626. The van der Waals surface area contributed by atoms with Crippen LogP contribution in [0.5, 0.6) is 11.5 Å². The van der Waals surface area contributed by atoms with Crippen molar-refractivity contribution in [2.24, 2.45) is 0 Å². The monoisotopic (exact) mass is 372 g/mol. The SMILES string of the molecule is CCc1cc2c(SCC(=O)c3ccc4c(c3)OCCO4)ncnc2s1.